The van der Waals surface area contributed by atoms with Crippen molar-refractivity contribution in [2.45, 2.75) is 38.8 Å². The van der Waals surface area contributed by atoms with Crippen molar-refractivity contribution in [1.82, 2.24) is 14.5 Å². The van der Waals surface area contributed by atoms with Gasteiger partial charge in [0, 0.05) is 31.0 Å². The number of nitrogens with zero attached hydrogens (tertiary/aromatic N) is 3. The van der Waals surface area contributed by atoms with Gasteiger partial charge in [-0.3, -0.25) is 9.59 Å². The Bertz CT molecular complexity index is 1180. The molecular formula is C27H29N3O4. The fourth-order valence-corrected chi connectivity index (χ4v) is 4.27. The zero-order valence-electron chi connectivity index (χ0n) is 19.6. The number of hydrogen-bond donors (Lipinski definition) is 1. The third-order valence-corrected chi connectivity index (χ3v) is 6.20. The third kappa shape index (κ3) is 4.59. The molecule has 0 saturated carbocycles. The second-order valence-corrected chi connectivity index (χ2v) is 8.70. The van der Waals surface area contributed by atoms with Crippen LogP contribution >= 0.6 is 0 Å². The summed E-state index contributed by atoms with van der Waals surface area (Å²) in [5, 5.41) is 11.2. The first-order valence-electron chi connectivity index (χ1n) is 11.4. The number of aliphatic hydroxyl groups excluding tert-OH is 1. The van der Waals surface area contributed by atoms with E-state index in [-0.39, 0.29) is 11.3 Å². The summed E-state index contributed by atoms with van der Waals surface area (Å²) in [6.07, 6.45) is 5.93. The number of amides is 1. The average Bonchev–Trinajstić information content (AvgIpc) is 3.46. The van der Waals surface area contributed by atoms with Crippen LogP contribution in [0.15, 0.2) is 72.8 Å². The van der Waals surface area contributed by atoms with Gasteiger partial charge in [0.05, 0.1) is 25.1 Å². The number of methoxy groups -OCH3 is 1. The van der Waals surface area contributed by atoms with Gasteiger partial charge in [-0.1, -0.05) is 38.1 Å². The monoisotopic (exact) mass is 459 g/mol. The van der Waals surface area contributed by atoms with Gasteiger partial charge in [0.15, 0.2) is 0 Å². The smallest absolute Gasteiger partial charge is 0.295 e. The number of aliphatic hydroxyl groups is 1. The summed E-state index contributed by atoms with van der Waals surface area (Å²) >= 11 is 0. The van der Waals surface area contributed by atoms with Gasteiger partial charge in [0.25, 0.3) is 11.7 Å². The van der Waals surface area contributed by atoms with Crippen LogP contribution in [0.4, 0.5) is 0 Å². The van der Waals surface area contributed by atoms with Gasteiger partial charge < -0.3 is 19.3 Å². The Balaban J connectivity index is 1.72. The highest BCUT2D eigenvalue weighted by Gasteiger charge is 2.45. The molecule has 176 valence electrons. The van der Waals surface area contributed by atoms with Crippen molar-refractivity contribution < 1.29 is 19.4 Å². The molecule has 1 aliphatic heterocycles. The van der Waals surface area contributed by atoms with Gasteiger partial charge in [-0.15, -0.1) is 0 Å². The number of aryl methyl sites for hydroxylation is 1. The molecule has 2 heterocycles. The van der Waals surface area contributed by atoms with E-state index < -0.39 is 17.7 Å². The molecule has 0 aliphatic carbocycles. The summed E-state index contributed by atoms with van der Waals surface area (Å²) in [5.74, 6) is -0.462. The van der Waals surface area contributed by atoms with Crippen LogP contribution in [0.1, 0.15) is 48.9 Å². The van der Waals surface area contributed by atoms with E-state index in [2.05, 4.69) is 18.8 Å². The highest BCUT2D eigenvalue weighted by atomic mass is 16.5. The maximum absolute atomic E-state index is 13.2. The Morgan fingerprint density at radius 1 is 1.06 bits per heavy atom. The number of ether oxygens (including phenoxy) is 1. The second kappa shape index (κ2) is 9.95. The molecular weight excluding hydrogens is 430 g/mol. The number of imidazole rings is 1. The summed E-state index contributed by atoms with van der Waals surface area (Å²) < 4.78 is 7.12. The number of likely N-dealkylation sites (tertiary alicyclic amines) is 1. The summed E-state index contributed by atoms with van der Waals surface area (Å²) in [6, 6.07) is 14.0. The lowest BCUT2D eigenvalue weighted by molar-refractivity contribution is -0.139. The number of benzene rings is 2. The molecule has 34 heavy (non-hydrogen) atoms. The van der Waals surface area contributed by atoms with Gasteiger partial charge in [0.1, 0.15) is 11.5 Å². The van der Waals surface area contributed by atoms with Crippen LogP contribution in [-0.4, -0.2) is 44.9 Å². The number of Topliss-reactive ketones (excluding diaryl/α,β-unsaturated/α-hetero) is 1. The Morgan fingerprint density at radius 2 is 1.76 bits per heavy atom. The molecule has 0 bridgehead atoms. The van der Waals surface area contributed by atoms with E-state index in [1.807, 2.05) is 35.0 Å². The topological polar surface area (TPSA) is 84.7 Å². The number of hydrogen-bond acceptors (Lipinski definition) is 5. The lowest BCUT2D eigenvalue weighted by Crippen LogP contribution is -2.31. The maximum Gasteiger partial charge on any atom is 0.295 e. The fourth-order valence-electron chi connectivity index (χ4n) is 4.27. The second-order valence-electron chi connectivity index (χ2n) is 8.70. The van der Waals surface area contributed by atoms with Crippen molar-refractivity contribution in [2.24, 2.45) is 0 Å². The zero-order valence-corrected chi connectivity index (χ0v) is 19.6. The molecule has 0 spiro atoms. The standard InChI is InChI=1S/C27H29N3O4/c1-18(2)19-5-7-20(8-6-19)24-23(25(31)21-9-11-22(34-3)12-10-21)26(32)27(33)30(24)15-4-14-29-16-13-28-17-29/h5-13,16-18,24,31H,4,14-15H2,1-3H3/t24-/m1/s1. The number of rotatable bonds is 8. The Morgan fingerprint density at radius 3 is 2.35 bits per heavy atom. The van der Waals surface area contributed by atoms with E-state index >= 15 is 0 Å². The first-order chi connectivity index (χ1) is 16.4. The van der Waals surface area contributed by atoms with Crippen LogP contribution in [0.2, 0.25) is 0 Å². The van der Waals surface area contributed by atoms with E-state index in [1.165, 1.54) is 0 Å². The maximum atomic E-state index is 13.2. The zero-order chi connectivity index (χ0) is 24.2. The average molecular weight is 460 g/mol. The predicted molar refractivity (Wildman–Crippen MR) is 129 cm³/mol. The number of ketones is 1. The minimum absolute atomic E-state index is 0.107. The van der Waals surface area contributed by atoms with Gasteiger partial charge in [-0.2, -0.15) is 0 Å². The van der Waals surface area contributed by atoms with Crippen molar-refractivity contribution in [2.75, 3.05) is 13.7 Å². The third-order valence-electron chi connectivity index (χ3n) is 6.20. The van der Waals surface area contributed by atoms with Crippen LogP contribution in [0.25, 0.3) is 5.76 Å². The van der Waals surface area contributed by atoms with E-state index in [1.54, 1.807) is 48.8 Å². The van der Waals surface area contributed by atoms with E-state index in [0.717, 1.165) is 11.1 Å². The van der Waals surface area contributed by atoms with Crippen molar-refractivity contribution in [3.63, 3.8) is 0 Å². The minimum atomic E-state index is -0.672. The molecule has 7 heteroatoms. The van der Waals surface area contributed by atoms with E-state index in [0.29, 0.717) is 36.7 Å². The van der Waals surface area contributed by atoms with Crippen molar-refractivity contribution >= 4 is 17.4 Å². The van der Waals surface area contributed by atoms with Crippen LogP contribution in [0.3, 0.4) is 0 Å². The highest BCUT2D eigenvalue weighted by Crippen LogP contribution is 2.40. The molecule has 1 aromatic heterocycles. The molecule has 7 nitrogen and oxygen atoms in total. The van der Waals surface area contributed by atoms with Gasteiger partial charge in [-0.05, 0) is 47.7 Å². The summed E-state index contributed by atoms with van der Waals surface area (Å²) in [6.45, 7) is 5.26. The molecule has 0 unspecified atom stereocenters. The van der Waals surface area contributed by atoms with E-state index in [9.17, 15) is 14.7 Å². The SMILES string of the molecule is COc1ccc(C(O)=C2C(=O)C(=O)N(CCCn3ccnc3)[C@@H]2c2ccc(C(C)C)cc2)cc1. The molecule has 2 aromatic carbocycles. The van der Waals surface area contributed by atoms with Crippen molar-refractivity contribution in [3.8, 4) is 5.75 Å². The Labute approximate surface area is 199 Å². The van der Waals surface area contributed by atoms with Crippen molar-refractivity contribution in [3.05, 3.63) is 89.5 Å². The van der Waals surface area contributed by atoms with Gasteiger partial charge in [0.2, 0.25) is 0 Å². The molecule has 1 atom stereocenters. The lowest BCUT2D eigenvalue weighted by Gasteiger charge is -2.26. The van der Waals surface area contributed by atoms with Crippen LogP contribution in [0, 0.1) is 0 Å². The Kier molecular flexibility index (Phi) is 6.82. The normalized spacial score (nSPS) is 17.5. The molecule has 1 fully saturated rings. The Hall–Kier alpha value is -3.87. The molecule has 0 radical (unpaired) electrons. The first-order valence-corrected chi connectivity index (χ1v) is 11.4. The molecule has 1 amide bonds. The summed E-state index contributed by atoms with van der Waals surface area (Å²) in [5.41, 5.74) is 2.52. The fraction of sp³-hybridized carbons (Fsp3) is 0.296. The number of carbonyl (C=O) groups is 2. The molecule has 3 aromatic rings. The first kappa shape index (κ1) is 23.3. The highest BCUT2D eigenvalue weighted by molar-refractivity contribution is 6.46. The largest absolute Gasteiger partial charge is 0.507 e. The van der Waals surface area contributed by atoms with Crippen LogP contribution in [-0.2, 0) is 16.1 Å². The van der Waals surface area contributed by atoms with E-state index in [4.69, 9.17) is 4.74 Å². The molecule has 1 aliphatic rings. The number of aromatic nitrogens is 2. The minimum Gasteiger partial charge on any atom is -0.507 e. The van der Waals surface area contributed by atoms with Crippen molar-refractivity contribution in [1.29, 1.82) is 0 Å². The quantitative estimate of drug-likeness (QED) is 0.304. The molecule has 4 rings (SSSR count). The molecule has 1 N–H and O–H groups in total. The number of carbonyl (C=O) groups excluding carboxylic acids is 2. The van der Waals surface area contributed by atoms with Crippen LogP contribution < -0.4 is 4.74 Å². The lowest BCUT2D eigenvalue weighted by atomic mass is 9.93. The summed E-state index contributed by atoms with van der Waals surface area (Å²) in [7, 11) is 1.56. The van der Waals surface area contributed by atoms with Gasteiger partial charge >= 0.3 is 0 Å². The summed E-state index contributed by atoms with van der Waals surface area (Å²) in [4.78, 5) is 31.9. The van der Waals surface area contributed by atoms with Crippen LogP contribution in [0.5, 0.6) is 5.75 Å². The molecule has 1 saturated heterocycles. The predicted octanol–water partition coefficient (Wildman–Crippen LogP) is 4.53. The van der Waals surface area contributed by atoms with Gasteiger partial charge in [-0.25, -0.2) is 4.98 Å².